The Hall–Kier alpha value is -1.61. The number of fused-ring (bicyclic) bond motifs is 1. The Morgan fingerprint density at radius 2 is 1.79 bits per heavy atom. The zero-order valence-electron chi connectivity index (χ0n) is 14.5. The third kappa shape index (κ3) is 3.56. The minimum Gasteiger partial charge on any atom is -0.372 e. The average molecular weight is 344 g/mol. The monoisotopic (exact) mass is 343 g/mol. The molecule has 2 aromatic rings. The number of nitrogens with one attached hydrogen (secondary N) is 1. The first-order chi connectivity index (χ1) is 11.2. The van der Waals surface area contributed by atoms with Gasteiger partial charge in [0, 0.05) is 19.2 Å². The van der Waals surface area contributed by atoms with Crippen LogP contribution in [-0.4, -0.2) is 18.8 Å². The normalized spacial score (nSPS) is 22.1. The van der Waals surface area contributed by atoms with Crippen LogP contribution in [0.4, 0.5) is 0 Å². The number of rotatable bonds is 5. The summed E-state index contributed by atoms with van der Waals surface area (Å²) in [6.07, 6.45) is 9.40. The quantitative estimate of drug-likeness (QED) is 0.805. The molecule has 0 aromatic heterocycles. The van der Waals surface area contributed by atoms with Gasteiger partial charge in [0.15, 0.2) is 0 Å². The van der Waals surface area contributed by atoms with Crippen molar-refractivity contribution in [2.45, 2.75) is 38.0 Å². The number of allylic oxidation sites excluding steroid dienone is 2. The number of hydrogen-bond acceptors (Lipinski definition) is 2. The zero-order valence-corrected chi connectivity index (χ0v) is 15.3. The molecule has 0 heterocycles. The van der Waals surface area contributed by atoms with Gasteiger partial charge in [0.1, 0.15) is 5.60 Å². The molecule has 0 saturated carbocycles. The van der Waals surface area contributed by atoms with Gasteiger partial charge in [-0.3, -0.25) is 0 Å². The highest BCUT2D eigenvalue weighted by Gasteiger charge is 2.34. The van der Waals surface area contributed by atoms with Crippen molar-refractivity contribution in [3.63, 3.8) is 0 Å². The minimum absolute atomic E-state index is 0. The maximum Gasteiger partial charge on any atom is 0.105 e. The SMILES string of the molecule is COC1([C@@H](C)N[C@H](C)c2cccc3ccccc23)C=CC=CC1.Cl. The summed E-state index contributed by atoms with van der Waals surface area (Å²) >= 11 is 0. The Balaban J connectivity index is 0.00000208. The topological polar surface area (TPSA) is 21.3 Å². The number of benzene rings is 2. The second-order valence-corrected chi connectivity index (χ2v) is 6.33. The van der Waals surface area contributed by atoms with Gasteiger partial charge >= 0.3 is 0 Å². The second-order valence-electron chi connectivity index (χ2n) is 6.33. The summed E-state index contributed by atoms with van der Waals surface area (Å²) in [4.78, 5) is 0. The molecule has 128 valence electrons. The van der Waals surface area contributed by atoms with Crippen molar-refractivity contribution in [3.8, 4) is 0 Å². The molecule has 0 radical (unpaired) electrons. The summed E-state index contributed by atoms with van der Waals surface area (Å²) in [5, 5.41) is 6.34. The van der Waals surface area contributed by atoms with Crippen LogP contribution in [0.15, 0.2) is 66.8 Å². The lowest BCUT2D eigenvalue weighted by Crippen LogP contribution is -2.50. The van der Waals surface area contributed by atoms with Crippen LogP contribution in [0.3, 0.4) is 0 Å². The van der Waals surface area contributed by atoms with E-state index in [-0.39, 0.29) is 30.1 Å². The molecule has 2 nitrogen and oxygen atoms in total. The van der Waals surface area contributed by atoms with Gasteiger partial charge in [0.25, 0.3) is 0 Å². The van der Waals surface area contributed by atoms with Gasteiger partial charge in [-0.15, -0.1) is 12.4 Å². The maximum absolute atomic E-state index is 5.86. The molecule has 3 atom stereocenters. The molecule has 1 unspecified atom stereocenters. The first kappa shape index (κ1) is 18.7. The molecule has 0 bridgehead atoms. The summed E-state index contributed by atoms with van der Waals surface area (Å²) < 4.78 is 5.86. The lowest BCUT2D eigenvalue weighted by molar-refractivity contribution is 0.00331. The molecule has 0 saturated heterocycles. The van der Waals surface area contributed by atoms with Crippen LogP contribution in [0, 0.1) is 0 Å². The Morgan fingerprint density at radius 1 is 1.04 bits per heavy atom. The molecule has 1 aliphatic carbocycles. The van der Waals surface area contributed by atoms with E-state index in [1.165, 1.54) is 16.3 Å². The molecule has 1 N–H and O–H groups in total. The van der Waals surface area contributed by atoms with Crippen molar-refractivity contribution in [1.29, 1.82) is 0 Å². The summed E-state index contributed by atoms with van der Waals surface area (Å²) in [5.41, 5.74) is 1.06. The van der Waals surface area contributed by atoms with Gasteiger partial charge in [0.2, 0.25) is 0 Å². The minimum atomic E-state index is -0.270. The molecule has 3 rings (SSSR count). The second kappa shape index (κ2) is 7.98. The average Bonchev–Trinajstić information content (AvgIpc) is 2.61. The van der Waals surface area contributed by atoms with E-state index in [1.807, 2.05) is 0 Å². The van der Waals surface area contributed by atoms with Gasteiger partial charge in [-0.1, -0.05) is 66.8 Å². The molecule has 2 aromatic carbocycles. The first-order valence-electron chi connectivity index (χ1n) is 8.29. The van der Waals surface area contributed by atoms with E-state index in [4.69, 9.17) is 4.74 Å². The van der Waals surface area contributed by atoms with Crippen molar-refractivity contribution in [3.05, 3.63) is 72.3 Å². The van der Waals surface area contributed by atoms with Gasteiger partial charge in [-0.2, -0.15) is 0 Å². The van der Waals surface area contributed by atoms with Gasteiger partial charge in [0.05, 0.1) is 0 Å². The maximum atomic E-state index is 5.86. The van der Waals surface area contributed by atoms with Gasteiger partial charge in [-0.25, -0.2) is 0 Å². The fourth-order valence-corrected chi connectivity index (χ4v) is 3.50. The van der Waals surface area contributed by atoms with Crippen molar-refractivity contribution >= 4 is 23.2 Å². The van der Waals surface area contributed by atoms with Crippen LogP contribution >= 0.6 is 12.4 Å². The third-order valence-corrected chi connectivity index (χ3v) is 4.97. The first-order valence-corrected chi connectivity index (χ1v) is 8.29. The lowest BCUT2D eigenvalue weighted by Gasteiger charge is -2.38. The Morgan fingerprint density at radius 3 is 2.50 bits per heavy atom. The standard InChI is InChI=1S/C21H25NO.ClH/c1-16(19-13-9-11-18-10-5-6-12-20(18)19)22-17(2)21(23-3)14-7-4-8-15-21;/h4-14,16-17,22H,15H2,1-3H3;1H/t16-,17-,21?;/m1./s1. The molecule has 0 amide bonds. The molecule has 24 heavy (non-hydrogen) atoms. The van der Waals surface area contributed by atoms with Crippen molar-refractivity contribution < 1.29 is 4.74 Å². The Labute approximate surface area is 151 Å². The largest absolute Gasteiger partial charge is 0.372 e. The van der Waals surface area contributed by atoms with Gasteiger partial charge in [-0.05, 0) is 36.6 Å². The summed E-state index contributed by atoms with van der Waals surface area (Å²) in [6.45, 7) is 4.43. The lowest BCUT2D eigenvalue weighted by atomic mass is 9.87. The smallest absolute Gasteiger partial charge is 0.105 e. The van der Waals surface area contributed by atoms with Crippen LogP contribution in [0.2, 0.25) is 0 Å². The van der Waals surface area contributed by atoms with Crippen LogP contribution < -0.4 is 5.32 Å². The highest BCUT2D eigenvalue weighted by Crippen LogP contribution is 2.29. The number of halogens is 1. The predicted octanol–water partition coefficient (Wildman–Crippen LogP) is 5.20. The molecule has 0 aliphatic heterocycles. The molecule has 0 spiro atoms. The van der Waals surface area contributed by atoms with E-state index >= 15 is 0 Å². The van der Waals surface area contributed by atoms with Crippen molar-refractivity contribution in [2.75, 3.05) is 7.11 Å². The summed E-state index contributed by atoms with van der Waals surface area (Å²) in [5.74, 6) is 0. The van der Waals surface area contributed by atoms with E-state index in [9.17, 15) is 0 Å². The molecule has 3 heteroatoms. The van der Waals surface area contributed by atoms with Crippen LogP contribution in [0.5, 0.6) is 0 Å². The number of ether oxygens (including phenoxy) is 1. The highest BCUT2D eigenvalue weighted by molar-refractivity contribution is 5.86. The summed E-state index contributed by atoms with van der Waals surface area (Å²) in [6, 6.07) is 15.5. The fraction of sp³-hybridized carbons (Fsp3) is 0.333. The van der Waals surface area contributed by atoms with E-state index < -0.39 is 0 Å². The third-order valence-electron chi connectivity index (χ3n) is 4.97. The molecule has 1 aliphatic rings. The van der Waals surface area contributed by atoms with E-state index in [2.05, 4.69) is 85.9 Å². The fourth-order valence-electron chi connectivity index (χ4n) is 3.50. The molecule has 0 fully saturated rings. The van der Waals surface area contributed by atoms with Crippen LogP contribution in [0.25, 0.3) is 10.8 Å². The highest BCUT2D eigenvalue weighted by atomic mass is 35.5. The van der Waals surface area contributed by atoms with Crippen LogP contribution in [-0.2, 0) is 4.74 Å². The Bertz CT molecular complexity index is 734. The van der Waals surface area contributed by atoms with Crippen molar-refractivity contribution in [2.24, 2.45) is 0 Å². The van der Waals surface area contributed by atoms with Gasteiger partial charge < -0.3 is 10.1 Å². The predicted molar refractivity (Wildman–Crippen MR) is 105 cm³/mol. The van der Waals surface area contributed by atoms with Crippen molar-refractivity contribution in [1.82, 2.24) is 5.32 Å². The molecular weight excluding hydrogens is 318 g/mol. The van der Waals surface area contributed by atoms with E-state index in [1.54, 1.807) is 7.11 Å². The van der Waals surface area contributed by atoms with E-state index in [0.717, 1.165) is 6.42 Å². The zero-order chi connectivity index (χ0) is 16.3. The number of methoxy groups -OCH3 is 1. The number of hydrogen-bond donors (Lipinski definition) is 1. The Kier molecular flexibility index (Phi) is 6.22. The van der Waals surface area contributed by atoms with E-state index in [0.29, 0.717) is 0 Å². The molecular formula is C21H26ClNO. The van der Waals surface area contributed by atoms with Crippen LogP contribution in [0.1, 0.15) is 31.9 Å². The summed E-state index contributed by atoms with van der Waals surface area (Å²) in [7, 11) is 1.80.